The molecule has 12 heavy (non-hydrogen) atoms. The molecule has 0 saturated carbocycles. The first kappa shape index (κ1) is 23.0. The smallest absolute Gasteiger partial charge is 0.482 e. The molecule has 0 aliphatic carbocycles. The van der Waals surface area contributed by atoms with Crippen molar-refractivity contribution < 1.29 is 20.4 Å². The van der Waals surface area contributed by atoms with E-state index in [9.17, 15) is 0 Å². The van der Waals surface area contributed by atoms with Gasteiger partial charge in [-0.2, -0.15) is 0 Å². The zero-order valence-corrected chi connectivity index (χ0v) is 9.71. The molecule has 0 spiro atoms. The quantitative estimate of drug-likeness (QED) is 0.399. The van der Waals surface area contributed by atoms with Crippen LogP contribution < -0.4 is 22.9 Å². The van der Waals surface area contributed by atoms with E-state index in [1.165, 1.54) is 13.1 Å². The topological polar surface area (TPSA) is 104 Å². The zero-order chi connectivity index (χ0) is 8.57. The predicted octanol–water partition coefficient (Wildman–Crippen LogP) is -0.673. The van der Waals surface area contributed by atoms with E-state index in [1.807, 2.05) is 13.8 Å². The molecule has 0 heterocycles. The minimum atomic E-state index is 0. The number of halogens is 1. The van der Waals surface area contributed by atoms with Crippen molar-refractivity contribution in [1.82, 2.24) is 0 Å². The predicted molar refractivity (Wildman–Crippen MR) is 51.5 cm³/mol. The third kappa shape index (κ3) is 45.1. The summed E-state index contributed by atoms with van der Waals surface area (Å²) in [4.78, 5) is 0. The fourth-order valence-corrected chi connectivity index (χ4v) is 0. The summed E-state index contributed by atoms with van der Waals surface area (Å²) >= 11 is 0. The molecule has 0 radical (unpaired) electrons. The van der Waals surface area contributed by atoms with Crippen molar-refractivity contribution in [2.75, 3.05) is 0 Å². The summed E-state index contributed by atoms with van der Waals surface area (Å²) in [6, 6.07) is 0.0741. The summed E-state index contributed by atoms with van der Waals surface area (Å²) < 4.78 is 0. The van der Waals surface area contributed by atoms with Crippen LogP contribution in [0, 0.1) is 13.1 Å². The Morgan fingerprint density at radius 3 is 1.00 bits per heavy atom. The third-order valence-corrected chi connectivity index (χ3v) is 0.607. The van der Waals surface area contributed by atoms with E-state index in [0.29, 0.717) is 0 Å². The molecule has 8 N–H and O–H groups in total. The van der Waals surface area contributed by atoms with Crippen LogP contribution in [0.5, 0.6) is 0 Å². The minimum Gasteiger partial charge on any atom is -0.482 e. The molecule has 2 atom stereocenters. The number of hydrogen-bond donors (Lipinski definition) is 4. The van der Waals surface area contributed by atoms with Gasteiger partial charge in [-0.05, 0) is 0 Å². The van der Waals surface area contributed by atoms with E-state index in [1.54, 1.807) is 0 Å². The Balaban J connectivity index is -0.0000000457. The molecule has 0 amide bonds. The molecule has 0 fully saturated rings. The van der Waals surface area contributed by atoms with Crippen molar-refractivity contribution in [3.63, 3.8) is 0 Å². The third-order valence-electron chi connectivity index (χ3n) is 0.607. The number of rotatable bonds is 2. The molecule has 0 aliphatic rings. The van der Waals surface area contributed by atoms with Crippen LogP contribution in [0.2, 0.25) is 0 Å². The summed E-state index contributed by atoms with van der Waals surface area (Å²) in [5.74, 6) is 0. The van der Waals surface area contributed by atoms with Crippen molar-refractivity contribution in [2.24, 2.45) is 22.9 Å². The number of nitrogens with two attached hydrogens (primary N) is 4. The second-order valence-electron chi connectivity index (χ2n) is 2.10. The van der Waals surface area contributed by atoms with E-state index in [2.05, 4.69) is 0 Å². The van der Waals surface area contributed by atoms with Crippen LogP contribution in [-0.2, 0) is 20.4 Å². The van der Waals surface area contributed by atoms with Crippen molar-refractivity contribution in [3.8, 4) is 0 Å². The molecule has 0 aromatic heterocycles. The fraction of sp³-hybridized carbons (Fsp3) is 0.667. The van der Waals surface area contributed by atoms with Crippen LogP contribution in [0.15, 0.2) is 0 Å². The van der Waals surface area contributed by atoms with Gasteiger partial charge >= 0.3 is 20.4 Å². The van der Waals surface area contributed by atoms with Gasteiger partial charge in [0, 0.05) is 0 Å². The van der Waals surface area contributed by atoms with Crippen LogP contribution in [0.1, 0.15) is 13.8 Å². The van der Waals surface area contributed by atoms with Gasteiger partial charge in [0.05, 0.1) is 0 Å². The Bertz CT molecular complexity index is 55.5. The van der Waals surface area contributed by atoms with Gasteiger partial charge in [0.15, 0.2) is 0 Å². The molecule has 0 saturated heterocycles. The van der Waals surface area contributed by atoms with E-state index >= 15 is 0 Å². The van der Waals surface area contributed by atoms with Crippen LogP contribution in [0.4, 0.5) is 0 Å². The Hall–Kier alpha value is 0.792. The Morgan fingerprint density at radius 2 is 1.00 bits per heavy atom. The SMILES string of the molecule is CC(N)[CH-]N.CC(N)[CH-]N.Cl.[Pd+2]. The second kappa shape index (κ2) is 17.8. The van der Waals surface area contributed by atoms with Gasteiger partial charge in [-0.3, -0.25) is 13.1 Å². The van der Waals surface area contributed by atoms with Crippen molar-refractivity contribution in [3.05, 3.63) is 13.1 Å². The molecule has 2 unspecified atom stereocenters. The molecular formula is C6H19ClN4Pd. The van der Waals surface area contributed by atoms with Crippen LogP contribution in [0.25, 0.3) is 0 Å². The zero-order valence-electron chi connectivity index (χ0n) is 7.34. The van der Waals surface area contributed by atoms with Crippen molar-refractivity contribution in [1.29, 1.82) is 0 Å². The molecular weight excluding hydrogens is 270 g/mol. The van der Waals surface area contributed by atoms with Gasteiger partial charge < -0.3 is 22.9 Å². The first-order valence-electron chi connectivity index (χ1n) is 3.15. The van der Waals surface area contributed by atoms with E-state index in [-0.39, 0.29) is 44.9 Å². The summed E-state index contributed by atoms with van der Waals surface area (Å²) in [5.41, 5.74) is 20.1. The van der Waals surface area contributed by atoms with Crippen LogP contribution in [-0.4, -0.2) is 12.1 Å². The van der Waals surface area contributed by atoms with Gasteiger partial charge in [0.2, 0.25) is 0 Å². The molecule has 0 aliphatic heterocycles. The van der Waals surface area contributed by atoms with E-state index in [4.69, 9.17) is 22.9 Å². The first-order chi connectivity index (χ1) is 4.54. The summed E-state index contributed by atoms with van der Waals surface area (Å²) in [6.45, 7) is 6.53. The largest absolute Gasteiger partial charge is 2.00 e. The maximum Gasteiger partial charge on any atom is 2.00 e. The molecule has 0 aromatic carbocycles. The minimum absolute atomic E-state index is 0. The van der Waals surface area contributed by atoms with Gasteiger partial charge in [-0.1, -0.05) is 13.8 Å². The average molecular weight is 289 g/mol. The maximum absolute atomic E-state index is 5.11. The Labute approximate surface area is 94.9 Å². The normalized spacial score (nSPS) is 12.5. The molecule has 0 bridgehead atoms. The van der Waals surface area contributed by atoms with Crippen molar-refractivity contribution in [2.45, 2.75) is 25.9 Å². The van der Waals surface area contributed by atoms with Crippen LogP contribution >= 0.6 is 12.4 Å². The van der Waals surface area contributed by atoms with Gasteiger partial charge in [0.1, 0.15) is 0 Å². The fourth-order valence-electron chi connectivity index (χ4n) is 0. The van der Waals surface area contributed by atoms with Crippen molar-refractivity contribution >= 4 is 12.4 Å². The van der Waals surface area contributed by atoms with E-state index < -0.39 is 0 Å². The maximum atomic E-state index is 5.11. The Morgan fingerprint density at radius 1 is 0.917 bits per heavy atom. The van der Waals surface area contributed by atoms with Gasteiger partial charge in [0.25, 0.3) is 0 Å². The Kier molecular flexibility index (Phi) is 34.1. The summed E-state index contributed by atoms with van der Waals surface area (Å²) in [7, 11) is 0. The molecule has 4 nitrogen and oxygen atoms in total. The summed E-state index contributed by atoms with van der Waals surface area (Å²) in [6.07, 6.45) is 0. The van der Waals surface area contributed by atoms with Gasteiger partial charge in [-0.25, -0.2) is 0 Å². The molecule has 0 rings (SSSR count). The number of hydrogen-bond acceptors (Lipinski definition) is 4. The standard InChI is InChI=1S/2C3H9N2.ClH.Pd/c2*1-3(5)2-4;;/h2*2-3H,4-5H2,1H3;1H;/q2*-1;;+2. The van der Waals surface area contributed by atoms with Crippen LogP contribution in [0.3, 0.4) is 0 Å². The monoisotopic (exact) mass is 288 g/mol. The molecule has 80 valence electrons. The molecule has 6 heteroatoms. The van der Waals surface area contributed by atoms with Gasteiger partial charge in [-0.15, -0.1) is 24.5 Å². The molecule has 0 aromatic rings. The average Bonchev–Trinajstić information content (AvgIpc) is 1.89. The second-order valence-corrected chi connectivity index (χ2v) is 2.10. The first-order valence-corrected chi connectivity index (χ1v) is 3.15. The van der Waals surface area contributed by atoms with E-state index in [0.717, 1.165) is 0 Å². The summed E-state index contributed by atoms with van der Waals surface area (Å²) in [5, 5.41) is 0.